The predicted molar refractivity (Wildman–Crippen MR) is 98.8 cm³/mol. The third-order valence-electron chi connectivity index (χ3n) is 4.87. The van der Waals surface area contributed by atoms with E-state index in [1.54, 1.807) is 0 Å². The van der Waals surface area contributed by atoms with E-state index < -0.39 is 0 Å². The van der Waals surface area contributed by atoms with E-state index in [-0.39, 0.29) is 11.9 Å². The Kier molecular flexibility index (Phi) is 3.65. The van der Waals surface area contributed by atoms with E-state index in [0.717, 1.165) is 39.2 Å². The first-order chi connectivity index (χ1) is 11.5. The fourth-order valence-electron chi connectivity index (χ4n) is 3.77. The number of benzene rings is 1. The second-order valence-corrected chi connectivity index (χ2v) is 7.58. The minimum Gasteiger partial charge on any atom is -0.345 e. The minimum absolute atomic E-state index is 0.0225. The molecule has 1 N–H and O–H groups in total. The normalized spacial score (nSPS) is 16.4. The maximum Gasteiger partial charge on any atom is 0.262 e. The number of amides is 1. The number of nitrogens with one attached hydrogen (secondary N) is 1. The van der Waals surface area contributed by atoms with Crippen LogP contribution in [0.3, 0.4) is 0 Å². The Morgan fingerprint density at radius 2 is 2.04 bits per heavy atom. The summed E-state index contributed by atoms with van der Waals surface area (Å²) < 4.78 is 0. The number of aryl methyl sites for hydroxylation is 4. The van der Waals surface area contributed by atoms with Crippen LogP contribution in [0.4, 0.5) is 0 Å². The molecular formula is C20H20N2OS. The Morgan fingerprint density at radius 3 is 2.88 bits per heavy atom. The van der Waals surface area contributed by atoms with E-state index in [4.69, 9.17) is 0 Å². The molecule has 0 aliphatic heterocycles. The van der Waals surface area contributed by atoms with E-state index in [2.05, 4.69) is 41.5 Å². The van der Waals surface area contributed by atoms with Crippen molar-refractivity contribution in [1.29, 1.82) is 0 Å². The summed E-state index contributed by atoms with van der Waals surface area (Å²) in [6, 6.07) is 10.6. The van der Waals surface area contributed by atoms with Gasteiger partial charge in [0.25, 0.3) is 5.91 Å². The van der Waals surface area contributed by atoms with Gasteiger partial charge in [0.05, 0.1) is 10.9 Å². The molecular weight excluding hydrogens is 316 g/mol. The molecule has 24 heavy (non-hydrogen) atoms. The van der Waals surface area contributed by atoms with Crippen molar-refractivity contribution in [3.8, 4) is 0 Å². The van der Waals surface area contributed by atoms with Crippen LogP contribution in [-0.2, 0) is 6.42 Å². The number of rotatable bonds is 2. The second-order valence-electron chi connectivity index (χ2n) is 6.58. The molecule has 2 aromatic heterocycles. The molecule has 0 radical (unpaired) electrons. The molecule has 0 saturated heterocycles. The summed E-state index contributed by atoms with van der Waals surface area (Å²) in [6.07, 6.45) is 2.01. The van der Waals surface area contributed by atoms with Crippen LogP contribution in [-0.4, -0.2) is 10.9 Å². The van der Waals surface area contributed by atoms with E-state index in [1.165, 1.54) is 28.0 Å². The zero-order valence-corrected chi connectivity index (χ0v) is 15.0. The van der Waals surface area contributed by atoms with Crippen LogP contribution in [0.5, 0.6) is 0 Å². The number of pyridine rings is 1. The first-order valence-electron chi connectivity index (χ1n) is 8.30. The zero-order valence-electron chi connectivity index (χ0n) is 14.1. The lowest BCUT2D eigenvalue weighted by Gasteiger charge is -2.13. The summed E-state index contributed by atoms with van der Waals surface area (Å²) >= 11 is 1.50. The van der Waals surface area contributed by atoms with Crippen molar-refractivity contribution >= 4 is 27.5 Å². The number of nitrogens with zero attached hydrogens (tertiary/aromatic N) is 1. The number of carbonyl (C=O) groups is 1. The van der Waals surface area contributed by atoms with Gasteiger partial charge in [-0.2, -0.15) is 0 Å². The van der Waals surface area contributed by atoms with Crippen LogP contribution in [0.2, 0.25) is 0 Å². The highest BCUT2D eigenvalue weighted by molar-refractivity contribution is 7.20. The first kappa shape index (κ1) is 15.3. The van der Waals surface area contributed by atoms with Gasteiger partial charge in [-0.3, -0.25) is 4.79 Å². The lowest BCUT2D eigenvalue weighted by Crippen LogP contribution is -2.26. The van der Waals surface area contributed by atoms with Gasteiger partial charge in [0.2, 0.25) is 0 Å². The number of thiophene rings is 1. The molecule has 0 bridgehead atoms. The largest absolute Gasteiger partial charge is 0.345 e. The maximum absolute atomic E-state index is 12.9. The van der Waals surface area contributed by atoms with Crippen molar-refractivity contribution in [3.05, 3.63) is 63.2 Å². The Balaban J connectivity index is 1.67. The molecule has 1 aliphatic rings. The van der Waals surface area contributed by atoms with E-state index in [0.29, 0.717) is 0 Å². The molecule has 1 amide bonds. The lowest BCUT2D eigenvalue weighted by molar-refractivity contribution is 0.0940. The molecule has 0 fully saturated rings. The van der Waals surface area contributed by atoms with Gasteiger partial charge in [-0.05, 0) is 61.9 Å². The number of hydrogen-bond donors (Lipinski definition) is 1. The zero-order chi connectivity index (χ0) is 16.8. The Hall–Kier alpha value is -2.20. The van der Waals surface area contributed by atoms with Crippen molar-refractivity contribution < 1.29 is 4.79 Å². The molecule has 4 rings (SSSR count). The van der Waals surface area contributed by atoms with E-state index in [9.17, 15) is 4.79 Å². The van der Waals surface area contributed by atoms with Gasteiger partial charge in [-0.25, -0.2) is 4.98 Å². The third kappa shape index (κ3) is 2.42. The van der Waals surface area contributed by atoms with Gasteiger partial charge in [0.15, 0.2) is 0 Å². The Morgan fingerprint density at radius 1 is 1.25 bits per heavy atom. The highest BCUT2D eigenvalue weighted by Gasteiger charge is 2.26. The van der Waals surface area contributed by atoms with E-state index >= 15 is 0 Å². The Bertz CT molecular complexity index is 958. The van der Waals surface area contributed by atoms with Crippen LogP contribution >= 0.6 is 11.3 Å². The number of aromatic nitrogens is 1. The molecule has 0 saturated carbocycles. The maximum atomic E-state index is 12.9. The molecule has 4 heteroatoms. The smallest absolute Gasteiger partial charge is 0.262 e. The summed E-state index contributed by atoms with van der Waals surface area (Å²) in [4.78, 5) is 19.2. The van der Waals surface area contributed by atoms with Gasteiger partial charge >= 0.3 is 0 Å². The van der Waals surface area contributed by atoms with Crippen LogP contribution in [0.25, 0.3) is 10.2 Å². The fourth-order valence-corrected chi connectivity index (χ4v) is 4.97. The molecule has 2 heterocycles. The van der Waals surface area contributed by atoms with Gasteiger partial charge < -0.3 is 5.32 Å². The summed E-state index contributed by atoms with van der Waals surface area (Å²) in [5.74, 6) is 0.0225. The summed E-state index contributed by atoms with van der Waals surface area (Å²) in [6.45, 7) is 6.11. The highest BCUT2D eigenvalue weighted by atomic mass is 32.1. The van der Waals surface area contributed by atoms with Gasteiger partial charge in [-0.15, -0.1) is 11.3 Å². The van der Waals surface area contributed by atoms with Crippen molar-refractivity contribution in [1.82, 2.24) is 10.3 Å². The monoisotopic (exact) mass is 336 g/mol. The fraction of sp³-hybridized carbons (Fsp3) is 0.300. The number of hydrogen-bond acceptors (Lipinski definition) is 3. The third-order valence-corrected chi connectivity index (χ3v) is 6.05. The van der Waals surface area contributed by atoms with Gasteiger partial charge in [-0.1, -0.05) is 24.3 Å². The standard InChI is InChI=1S/C20H20N2OS/c1-11-10-12(2)21-20-17(11)13(3)18(24-20)19(23)22-16-9-8-14-6-4-5-7-15(14)16/h4-7,10,16H,8-9H2,1-3H3,(H,22,23). The van der Waals surface area contributed by atoms with Gasteiger partial charge in [0, 0.05) is 11.1 Å². The number of carbonyl (C=O) groups excluding carboxylic acids is 1. The molecule has 0 spiro atoms. The molecule has 3 aromatic rings. The highest BCUT2D eigenvalue weighted by Crippen LogP contribution is 2.34. The average Bonchev–Trinajstić information content (AvgIpc) is 3.09. The first-order valence-corrected chi connectivity index (χ1v) is 9.12. The molecule has 1 unspecified atom stereocenters. The van der Waals surface area contributed by atoms with E-state index in [1.807, 2.05) is 19.9 Å². The van der Waals surface area contributed by atoms with Crippen LogP contribution < -0.4 is 5.32 Å². The van der Waals surface area contributed by atoms with Crippen molar-refractivity contribution in [2.24, 2.45) is 0 Å². The molecule has 122 valence electrons. The van der Waals surface area contributed by atoms with Crippen LogP contribution in [0.15, 0.2) is 30.3 Å². The second kappa shape index (κ2) is 5.71. The predicted octanol–water partition coefficient (Wildman–Crippen LogP) is 4.64. The van der Waals surface area contributed by atoms with Gasteiger partial charge in [0.1, 0.15) is 4.83 Å². The average molecular weight is 336 g/mol. The molecule has 1 aromatic carbocycles. The van der Waals surface area contributed by atoms with Crippen molar-refractivity contribution in [2.75, 3.05) is 0 Å². The number of fused-ring (bicyclic) bond motifs is 2. The summed E-state index contributed by atoms with van der Waals surface area (Å²) in [5, 5.41) is 4.36. The summed E-state index contributed by atoms with van der Waals surface area (Å²) in [7, 11) is 0. The lowest BCUT2D eigenvalue weighted by atomic mass is 10.1. The van der Waals surface area contributed by atoms with Crippen LogP contribution in [0.1, 0.15) is 50.1 Å². The summed E-state index contributed by atoms with van der Waals surface area (Å²) in [5.41, 5.74) is 5.84. The van der Waals surface area contributed by atoms with Crippen LogP contribution in [0, 0.1) is 20.8 Å². The van der Waals surface area contributed by atoms with Crippen molar-refractivity contribution in [3.63, 3.8) is 0 Å². The molecule has 1 atom stereocenters. The minimum atomic E-state index is 0.0225. The quantitative estimate of drug-likeness (QED) is 0.741. The Labute approximate surface area is 145 Å². The SMILES string of the molecule is Cc1cc(C)c2c(C)c(C(=O)NC3CCc4ccccc43)sc2n1. The molecule has 1 aliphatic carbocycles. The van der Waals surface area contributed by atoms with Crippen molar-refractivity contribution in [2.45, 2.75) is 39.7 Å². The topological polar surface area (TPSA) is 42.0 Å². The molecule has 3 nitrogen and oxygen atoms in total.